The molecule has 0 aromatic heterocycles. The predicted molar refractivity (Wildman–Crippen MR) is 114 cm³/mol. The molecule has 154 valence electrons. The first-order chi connectivity index (χ1) is 14.0. The number of urea groups is 1. The van der Waals surface area contributed by atoms with Gasteiger partial charge in [-0.3, -0.25) is 9.69 Å². The van der Waals surface area contributed by atoms with Crippen LogP contribution in [0.15, 0.2) is 48.5 Å². The Morgan fingerprint density at radius 2 is 1.55 bits per heavy atom. The largest absolute Gasteiger partial charge is 0.496 e. The third-order valence-electron chi connectivity index (χ3n) is 5.01. The molecule has 3 amide bonds. The van der Waals surface area contributed by atoms with Crippen molar-refractivity contribution in [1.82, 2.24) is 9.80 Å². The fourth-order valence-electron chi connectivity index (χ4n) is 3.41. The number of hydrogen-bond acceptors (Lipinski definition) is 4. The van der Waals surface area contributed by atoms with Crippen LogP contribution in [-0.2, 0) is 11.2 Å². The van der Waals surface area contributed by atoms with E-state index in [0.29, 0.717) is 24.5 Å². The van der Waals surface area contributed by atoms with Gasteiger partial charge in [-0.15, -0.1) is 0 Å². The van der Waals surface area contributed by atoms with E-state index in [1.807, 2.05) is 23.1 Å². The number of para-hydroxylation sites is 1. The smallest absolute Gasteiger partial charge is 0.321 e. The highest BCUT2D eigenvalue weighted by Crippen LogP contribution is 2.19. The van der Waals surface area contributed by atoms with Gasteiger partial charge in [-0.1, -0.05) is 18.2 Å². The van der Waals surface area contributed by atoms with E-state index in [1.165, 1.54) is 12.5 Å². The van der Waals surface area contributed by atoms with Crippen molar-refractivity contribution in [2.75, 3.05) is 50.5 Å². The average molecular weight is 396 g/mol. The van der Waals surface area contributed by atoms with Gasteiger partial charge in [0.2, 0.25) is 5.91 Å². The van der Waals surface area contributed by atoms with Crippen LogP contribution >= 0.6 is 0 Å². The molecule has 0 unspecified atom stereocenters. The van der Waals surface area contributed by atoms with Crippen LogP contribution in [0.4, 0.5) is 16.2 Å². The maximum atomic E-state index is 12.5. The van der Waals surface area contributed by atoms with E-state index in [9.17, 15) is 9.59 Å². The van der Waals surface area contributed by atoms with Crippen molar-refractivity contribution < 1.29 is 14.3 Å². The summed E-state index contributed by atoms with van der Waals surface area (Å²) in [7, 11) is 1.70. The van der Waals surface area contributed by atoms with Gasteiger partial charge in [0, 0.05) is 51.0 Å². The number of carbonyl (C=O) groups is 2. The third kappa shape index (κ3) is 5.96. The van der Waals surface area contributed by atoms with Gasteiger partial charge in [-0.25, -0.2) is 4.79 Å². The second-order valence-electron chi connectivity index (χ2n) is 7.08. The minimum absolute atomic E-state index is 0.0957. The quantitative estimate of drug-likeness (QED) is 0.787. The second-order valence-corrected chi connectivity index (χ2v) is 7.08. The fourth-order valence-corrected chi connectivity index (χ4v) is 3.41. The summed E-state index contributed by atoms with van der Waals surface area (Å²) in [5.74, 6) is 0.806. The van der Waals surface area contributed by atoms with E-state index in [-0.39, 0.29) is 11.9 Å². The SMILES string of the molecule is COc1ccccc1CCN1CCN(C(=O)Nc2ccc(NC(C)=O)cc2)CC1. The minimum Gasteiger partial charge on any atom is -0.496 e. The molecule has 1 heterocycles. The Labute approximate surface area is 171 Å². The molecule has 0 radical (unpaired) electrons. The van der Waals surface area contributed by atoms with Crippen LogP contribution in [0.3, 0.4) is 0 Å². The number of ether oxygens (including phenoxy) is 1. The van der Waals surface area contributed by atoms with Gasteiger partial charge in [-0.2, -0.15) is 0 Å². The maximum absolute atomic E-state index is 12.5. The monoisotopic (exact) mass is 396 g/mol. The zero-order valence-electron chi connectivity index (χ0n) is 17.0. The van der Waals surface area contributed by atoms with Crippen molar-refractivity contribution in [2.24, 2.45) is 0 Å². The molecular formula is C22H28N4O3. The number of benzene rings is 2. The summed E-state index contributed by atoms with van der Waals surface area (Å²) in [5.41, 5.74) is 2.62. The lowest BCUT2D eigenvalue weighted by Crippen LogP contribution is -2.50. The molecule has 0 aliphatic carbocycles. The summed E-state index contributed by atoms with van der Waals surface area (Å²) < 4.78 is 5.42. The van der Waals surface area contributed by atoms with Crippen LogP contribution in [-0.4, -0.2) is 61.6 Å². The van der Waals surface area contributed by atoms with Gasteiger partial charge >= 0.3 is 6.03 Å². The Morgan fingerprint density at radius 1 is 0.931 bits per heavy atom. The molecule has 7 nitrogen and oxygen atoms in total. The zero-order valence-corrected chi connectivity index (χ0v) is 17.0. The molecule has 1 aliphatic heterocycles. The number of hydrogen-bond donors (Lipinski definition) is 2. The molecule has 0 bridgehead atoms. The highest BCUT2D eigenvalue weighted by molar-refractivity contribution is 5.91. The van der Waals surface area contributed by atoms with Crippen LogP contribution in [0.25, 0.3) is 0 Å². The normalized spacial score (nSPS) is 14.3. The van der Waals surface area contributed by atoms with Crippen LogP contribution in [0.1, 0.15) is 12.5 Å². The average Bonchev–Trinajstić information content (AvgIpc) is 2.74. The second kappa shape index (κ2) is 9.93. The van der Waals surface area contributed by atoms with Crippen molar-refractivity contribution >= 4 is 23.3 Å². The first-order valence-electron chi connectivity index (χ1n) is 9.83. The van der Waals surface area contributed by atoms with E-state index in [4.69, 9.17) is 4.74 Å². The van der Waals surface area contributed by atoms with E-state index < -0.39 is 0 Å². The van der Waals surface area contributed by atoms with Crippen LogP contribution in [0.2, 0.25) is 0 Å². The molecule has 1 saturated heterocycles. The van der Waals surface area contributed by atoms with E-state index in [2.05, 4.69) is 21.6 Å². The summed E-state index contributed by atoms with van der Waals surface area (Å²) >= 11 is 0. The number of carbonyl (C=O) groups excluding carboxylic acids is 2. The van der Waals surface area contributed by atoms with Crippen LogP contribution in [0, 0.1) is 0 Å². The minimum atomic E-state index is -0.120. The van der Waals surface area contributed by atoms with Gasteiger partial charge in [-0.05, 0) is 42.3 Å². The summed E-state index contributed by atoms with van der Waals surface area (Å²) in [6, 6.07) is 15.1. The third-order valence-corrected chi connectivity index (χ3v) is 5.01. The van der Waals surface area contributed by atoms with E-state index >= 15 is 0 Å². The molecular weight excluding hydrogens is 368 g/mol. The lowest BCUT2D eigenvalue weighted by atomic mass is 10.1. The first-order valence-corrected chi connectivity index (χ1v) is 9.83. The summed E-state index contributed by atoms with van der Waals surface area (Å²) in [5, 5.41) is 5.63. The molecule has 3 rings (SSSR count). The van der Waals surface area contributed by atoms with Gasteiger partial charge in [0.25, 0.3) is 0 Å². The molecule has 2 N–H and O–H groups in total. The van der Waals surface area contributed by atoms with Gasteiger partial charge < -0.3 is 20.3 Å². The Morgan fingerprint density at radius 3 is 2.17 bits per heavy atom. The lowest BCUT2D eigenvalue weighted by molar-refractivity contribution is -0.114. The van der Waals surface area contributed by atoms with Crippen LogP contribution < -0.4 is 15.4 Å². The Bertz CT molecular complexity index is 830. The summed E-state index contributed by atoms with van der Waals surface area (Å²) in [4.78, 5) is 27.8. The number of piperazine rings is 1. The first kappa shape index (κ1) is 20.7. The summed E-state index contributed by atoms with van der Waals surface area (Å²) in [6.07, 6.45) is 0.927. The van der Waals surface area contributed by atoms with Gasteiger partial charge in [0.1, 0.15) is 5.75 Å². The molecule has 7 heteroatoms. The fraction of sp³-hybridized carbons (Fsp3) is 0.364. The number of amides is 3. The number of methoxy groups -OCH3 is 1. The number of rotatable bonds is 6. The van der Waals surface area contributed by atoms with Gasteiger partial charge in [0.15, 0.2) is 0 Å². The highest BCUT2D eigenvalue weighted by Gasteiger charge is 2.21. The maximum Gasteiger partial charge on any atom is 0.321 e. The molecule has 1 aliphatic rings. The lowest BCUT2D eigenvalue weighted by Gasteiger charge is -2.34. The molecule has 0 saturated carbocycles. The van der Waals surface area contributed by atoms with Crippen molar-refractivity contribution in [3.05, 3.63) is 54.1 Å². The number of nitrogens with zero attached hydrogens (tertiary/aromatic N) is 2. The van der Waals surface area contributed by atoms with E-state index in [1.54, 1.807) is 31.4 Å². The molecule has 0 atom stereocenters. The molecule has 2 aromatic carbocycles. The number of nitrogens with one attached hydrogen (secondary N) is 2. The summed E-state index contributed by atoms with van der Waals surface area (Å²) in [6.45, 7) is 5.50. The highest BCUT2D eigenvalue weighted by atomic mass is 16.5. The standard InChI is InChI=1S/C22H28N4O3/c1-17(27)23-19-7-9-20(10-8-19)24-22(28)26-15-13-25(14-16-26)12-11-18-5-3-4-6-21(18)29-2/h3-10H,11-16H2,1-2H3,(H,23,27)(H,24,28). The van der Waals surface area contributed by atoms with Crippen molar-refractivity contribution in [3.63, 3.8) is 0 Å². The van der Waals surface area contributed by atoms with Crippen LogP contribution in [0.5, 0.6) is 5.75 Å². The predicted octanol–water partition coefficient (Wildman–Crippen LogP) is 3.05. The number of anilines is 2. The molecule has 29 heavy (non-hydrogen) atoms. The van der Waals surface area contributed by atoms with Crippen molar-refractivity contribution in [3.8, 4) is 5.75 Å². The molecule has 0 spiro atoms. The van der Waals surface area contributed by atoms with Crippen molar-refractivity contribution in [2.45, 2.75) is 13.3 Å². The van der Waals surface area contributed by atoms with Crippen molar-refractivity contribution in [1.29, 1.82) is 0 Å². The molecule has 1 fully saturated rings. The van der Waals surface area contributed by atoms with E-state index in [0.717, 1.165) is 31.8 Å². The Hall–Kier alpha value is -3.06. The molecule has 2 aromatic rings. The zero-order chi connectivity index (χ0) is 20.6. The topological polar surface area (TPSA) is 73.9 Å². The van der Waals surface area contributed by atoms with Gasteiger partial charge in [0.05, 0.1) is 7.11 Å². The Balaban J connectivity index is 1.44. The Kier molecular flexibility index (Phi) is 7.08.